The molecule has 0 aromatic heterocycles. The highest BCUT2D eigenvalue weighted by atomic mass is 13.8. The first-order valence-corrected chi connectivity index (χ1v) is 3.58. The number of hydrogen-bond donors (Lipinski definition) is 0. The van der Waals surface area contributed by atoms with E-state index in [9.17, 15) is 0 Å². The lowest BCUT2D eigenvalue weighted by atomic mass is 10.2. The molecule has 0 aliphatic heterocycles. The van der Waals surface area contributed by atoms with Crippen LogP contribution in [0.4, 0.5) is 0 Å². The molecule has 0 heterocycles. The Morgan fingerprint density at radius 1 is 1.27 bits per heavy atom. The summed E-state index contributed by atoms with van der Waals surface area (Å²) in [5.74, 6) is 2.55. The summed E-state index contributed by atoms with van der Waals surface area (Å²) in [6.45, 7) is 0. The molecule has 0 radical (unpaired) electrons. The van der Waals surface area contributed by atoms with Gasteiger partial charge in [-0.05, 0) is 5.56 Å². The zero-order chi connectivity index (χ0) is 7.94. The van der Waals surface area contributed by atoms with Crippen molar-refractivity contribution in [2.45, 2.75) is 6.42 Å². The lowest BCUT2D eigenvalue weighted by molar-refractivity contribution is 1.49. The van der Waals surface area contributed by atoms with Gasteiger partial charge in [0, 0.05) is 6.42 Å². The van der Waals surface area contributed by atoms with Gasteiger partial charge in [0.05, 0.1) is 0 Å². The minimum atomic E-state index is 0.703. The Morgan fingerprint density at radius 3 is 2.64 bits per heavy atom. The molecule has 0 saturated carbocycles. The molecule has 0 nitrogen and oxygen atoms in total. The van der Waals surface area contributed by atoms with Crippen LogP contribution in [0.1, 0.15) is 12.0 Å². The lowest BCUT2D eigenvalue weighted by Gasteiger charge is -1.88. The summed E-state index contributed by atoms with van der Waals surface area (Å²) < 4.78 is 0. The number of benzene rings is 1. The van der Waals surface area contributed by atoms with Gasteiger partial charge >= 0.3 is 0 Å². The smallest absolute Gasteiger partial charge is 0.0270 e. The topological polar surface area (TPSA) is 0 Å². The van der Waals surface area contributed by atoms with E-state index in [1.165, 1.54) is 5.56 Å². The molecule has 11 heavy (non-hydrogen) atoms. The molecule has 0 N–H and O–H groups in total. The van der Waals surface area contributed by atoms with E-state index in [2.05, 4.69) is 5.92 Å². The van der Waals surface area contributed by atoms with Crippen LogP contribution in [0.2, 0.25) is 0 Å². The maximum atomic E-state index is 5.09. The van der Waals surface area contributed by atoms with Crippen molar-refractivity contribution in [3.8, 4) is 12.3 Å². The van der Waals surface area contributed by atoms with E-state index in [1.807, 2.05) is 42.5 Å². The van der Waals surface area contributed by atoms with Crippen LogP contribution in [0.5, 0.6) is 0 Å². The molecule has 0 aliphatic carbocycles. The van der Waals surface area contributed by atoms with E-state index in [4.69, 9.17) is 6.42 Å². The van der Waals surface area contributed by atoms with Crippen molar-refractivity contribution >= 4 is 6.08 Å². The Kier molecular flexibility index (Phi) is 3.02. The first kappa shape index (κ1) is 7.63. The van der Waals surface area contributed by atoms with Gasteiger partial charge < -0.3 is 0 Å². The third-order valence-corrected chi connectivity index (χ3v) is 1.35. The molecule has 0 fully saturated rings. The van der Waals surface area contributed by atoms with E-state index < -0.39 is 0 Å². The van der Waals surface area contributed by atoms with Crippen LogP contribution in [0, 0.1) is 12.3 Å². The summed E-state index contributed by atoms with van der Waals surface area (Å²) in [6.07, 6.45) is 9.80. The van der Waals surface area contributed by atoms with Crippen LogP contribution >= 0.6 is 0 Å². The number of rotatable bonds is 2. The normalized spacial score (nSPS) is 9.73. The zero-order valence-electron chi connectivity index (χ0n) is 6.33. The third kappa shape index (κ3) is 2.73. The Morgan fingerprint density at radius 2 is 2.00 bits per heavy atom. The number of terminal acetylenes is 1. The molecule has 0 unspecified atom stereocenters. The van der Waals surface area contributed by atoms with Gasteiger partial charge in [-0.2, -0.15) is 0 Å². The molecular weight excluding hydrogens is 132 g/mol. The van der Waals surface area contributed by atoms with Gasteiger partial charge in [0.25, 0.3) is 0 Å². The van der Waals surface area contributed by atoms with Crippen LogP contribution < -0.4 is 0 Å². The average molecular weight is 142 g/mol. The summed E-state index contributed by atoms with van der Waals surface area (Å²) in [5.41, 5.74) is 1.20. The molecule has 0 saturated heterocycles. The van der Waals surface area contributed by atoms with E-state index in [1.54, 1.807) is 0 Å². The zero-order valence-corrected chi connectivity index (χ0v) is 6.33. The predicted octanol–water partition coefficient (Wildman–Crippen LogP) is 2.72. The molecule has 1 aromatic rings. The molecule has 0 spiro atoms. The van der Waals surface area contributed by atoms with Crippen LogP contribution in [0.15, 0.2) is 36.4 Å². The van der Waals surface area contributed by atoms with Gasteiger partial charge in [0.1, 0.15) is 0 Å². The Labute approximate surface area is 67.6 Å². The van der Waals surface area contributed by atoms with Gasteiger partial charge in [0.2, 0.25) is 0 Å². The van der Waals surface area contributed by atoms with Gasteiger partial charge in [0.15, 0.2) is 0 Å². The standard InChI is InChI=1S/C11H10/c1-2-3-5-8-11-9-6-4-7-10-11/h1,4-10H,3H2/b8-5-. The minimum absolute atomic E-state index is 0.703. The monoisotopic (exact) mass is 142 g/mol. The van der Waals surface area contributed by atoms with Crippen molar-refractivity contribution < 1.29 is 0 Å². The maximum Gasteiger partial charge on any atom is 0.0270 e. The SMILES string of the molecule is C#CC/C=C\c1ccccc1. The van der Waals surface area contributed by atoms with Crippen molar-refractivity contribution in [1.82, 2.24) is 0 Å². The first-order chi connectivity index (χ1) is 5.43. The molecule has 0 aliphatic rings. The summed E-state index contributed by atoms with van der Waals surface area (Å²) in [4.78, 5) is 0. The summed E-state index contributed by atoms with van der Waals surface area (Å²) >= 11 is 0. The van der Waals surface area contributed by atoms with Crippen LogP contribution in [0.25, 0.3) is 6.08 Å². The van der Waals surface area contributed by atoms with Crippen molar-refractivity contribution in [1.29, 1.82) is 0 Å². The van der Waals surface area contributed by atoms with Gasteiger partial charge in [-0.15, -0.1) is 12.3 Å². The Hall–Kier alpha value is -1.48. The fourth-order valence-corrected chi connectivity index (χ4v) is 0.827. The van der Waals surface area contributed by atoms with Gasteiger partial charge in [-0.1, -0.05) is 42.5 Å². The molecule has 0 atom stereocenters. The summed E-state index contributed by atoms with van der Waals surface area (Å²) in [7, 11) is 0. The van der Waals surface area contributed by atoms with Crippen molar-refractivity contribution in [2.24, 2.45) is 0 Å². The molecule has 1 aromatic carbocycles. The summed E-state index contributed by atoms with van der Waals surface area (Å²) in [5, 5.41) is 0. The van der Waals surface area contributed by atoms with Gasteiger partial charge in [-0.3, -0.25) is 0 Å². The van der Waals surface area contributed by atoms with Crippen molar-refractivity contribution in [3.63, 3.8) is 0 Å². The molecule has 0 amide bonds. The van der Waals surface area contributed by atoms with E-state index in [-0.39, 0.29) is 0 Å². The molecule has 54 valence electrons. The van der Waals surface area contributed by atoms with Crippen LogP contribution in [0.3, 0.4) is 0 Å². The average Bonchev–Trinajstić information content (AvgIpc) is 2.07. The van der Waals surface area contributed by atoms with E-state index >= 15 is 0 Å². The highest BCUT2D eigenvalue weighted by Gasteiger charge is 1.79. The van der Waals surface area contributed by atoms with Gasteiger partial charge in [-0.25, -0.2) is 0 Å². The first-order valence-electron chi connectivity index (χ1n) is 3.58. The number of hydrogen-bond acceptors (Lipinski definition) is 0. The molecule has 1 rings (SSSR count). The largest absolute Gasteiger partial charge is 0.120 e. The highest BCUT2D eigenvalue weighted by Crippen LogP contribution is 2.00. The molecule has 0 bridgehead atoms. The fraction of sp³-hybridized carbons (Fsp3) is 0.0909. The third-order valence-electron chi connectivity index (χ3n) is 1.35. The minimum Gasteiger partial charge on any atom is -0.120 e. The highest BCUT2D eigenvalue weighted by molar-refractivity contribution is 5.48. The quantitative estimate of drug-likeness (QED) is 0.557. The second-order valence-electron chi connectivity index (χ2n) is 2.22. The Bertz CT molecular complexity index is 262. The van der Waals surface area contributed by atoms with E-state index in [0.717, 1.165) is 0 Å². The second-order valence-corrected chi connectivity index (χ2v) is 2.22. The second kappa shape index (κ2) is 4.35. The lowest BCUT2D eigenvalue weighted by Crippen LogP contribution is -1.67. The van der Waals surface area contributed by atoms with E-state index in [0.29, 0.717) is 6.42 Å². The van der Waals surface area contributed by atoms with Crippen LogP contribution in [-0.4, -0.2) is 0 Å². The molecule has 0 heteroatoms. The summed E-state index contributed by atoms with van der Waals surface area (Å²) in [6, 6.07) is 10.1. The molecular formula is C11H10. The predicted molar refractivity (Wildman–Crippen MR) is 48.9 cm³/mol. The van der Waals surface area contributed by atoms with Crippen LogP contribution in [-0.2, 0) is 0 Å². The maximum absolute atomic E-state index is 5.09. The van der Waals surface area contributed by atoms with Crippen molar-refractivity contribution in [2.75, 3.05) is 0 Å². The Balaban J connectivity index is 2.59. The number of allylic oxidation sites excluding steroid dienone is 1. The van der Waals surface area contributed by atoms with Crippen molar-refractivity contribution in [3.05, 3.63) is 42.0 Å². The fourth-order valence-electron chi connectivity index (χ4n) is 0.827.